The maximum absolute atomic E-state index is 12.3. The quantitative estimate of drug-likeness (QED) is 0.0712. The Morgan fingerprint density at radius 1 is 0.978 bits per heavy atom. The van der Waals surface area contributed by atoms with Crippen LogP contribution in [-0.2, 0) is 32.0 Å². The number of hydrogen-bond acceptors (Lipinski definition) is 19. The molecule has 10 unspecified atom stereocenters. The molecular weight excluding hydrogens is 698 g/mol. The first-order chi connectivity index (χ1) is 20.7. The van der Waals surface area contributed by atoms with Gasteiger partial charge in [-0.3, -0.25) is 13.7 Å². The Bertz CT molecular complexity index is 1570. The van der Waals surface area contributed by atoms with Gasteiger partial charge in [0, 0.05) is 18.0 Å². The van der Waals surface area contributed by atoms with Crippen molar-refractivity contribution < 1.29 is 121 Å². The summed E-state index contributed by atoms with van der Waals surface area (Å²) in [6.45, 7) is -1.91. The van der Waals surface area contributed by atoms with Crippen LogP contribution in [0, 0.1) is 0 Å². The van der Waals surface area contributed by atoms with Crippen LogP contribution in [-0.4, -0.2) is 106 Å². The van der Waals surface area contributed by atoms with E-state index in [0.717, 1.165) is 6.33 Å². The van der Waals surface area contributed by atoms with Crippen molar-refractivity contribution in [2.24, 2.45) is 5.73 Å². The van der Waals surface area contributed by atoms with Crippen molar-refractivity contribution >= 4 is 49.8 Å². The Morgan fingerprint density at radius 2 is 1.54 bits per heavy atom. The Balaban J connectivity index is 0.00000288. The molecule has 0 saturated carbocycles. The molecule has 0 spiro atoms. The molecule has 2 saturated heterocycles. The third-order valence-electron chi connectivity index (χ3n) is 6.86. The monoisotopic (exact) mass is 725 g/mol. The number of fused-ring (bicyclic) bond motifs is 1. The van der Waals surface area contributed by atoms with Crippen molar-refractivity contribution in [1.29, 1.82) is 0 Å². The minimum atomic E-state index is -5.66. The number of hydrogen-bond donors (Lipinski definition) is 6. The summed E-state index contributed by atoms with van der Waals surface area (Å²) in [5, 5.41) is 41.6. The van der Waals surface area contributed by atoms with Crippen LogP contribution < -0.4 is 80.4 Å². The Hall–Kier alpha value is -0.460. The van der Waals surface area contributed by atoms with E-state index >= 15 is 0 Å². The fraction of sp³-hybridized carbons (Fsp3) is 0.524. The molecule has 46 heavy (non-hydrogen) atoms. The minimum Gasteiger partial charge on any atom is -0.756 e. The molecule has 2 aromatic heterocycles. The van der Waals surface area contributed by atoms with Gasteiger partial charge in [0.2, 0.25) is 0 Å². The van der Waals surface area contributed by atoms with Crippen LogP contribution in [0.3, 0.4) is 0 Å². The van der Waals surface area contributed by atoms with Crippen LogP contribution >= 0.6 is 27.9 Å². The van der Waals surface area contributed by atoms with Gasteiger partial charge in [0.25, 0.3) is 15.6 Å². The molecule has 8 N–H and O–H groups in total. The number of allylic oxidation sites excluding steroid dienone is 1. The number of anilines is 1. The fourth-order valence-electron chi connectivity index (χ4n) is 4.66. The maximum atomic E-state index is 12.3. The van der Waals surface area contributed by atoms with Crippen LogP contribution in [0.2, 0.25) is 0 Å². The van der Waals surface area contributed by atoms with E-state index in [4.69, 9.17) is 33.2 Å². The van der Waals surface area contributed by atoms with Gasteiger partial charge in [0.15, 0.2) is 23.9 Å². The van der Waals surface area contributed by atoms with Gasteiger partial charge in [0.1, 0.15) is 53.5 Å². The average molecular weight is 725 g/mol. The van der Waals surface area contributed by atoms with Crippen LogP contribution in [0.25, 0.3) is 11.2 Å². The van der Waals surface area contributed by atoms with Crippen molar-refractivity contribution in [3.8, 4) is 0 Å². The van der Waals surface area contributed by atoms with E-state index in [1.165, 1.54) is 28.2 Å². The largest absolute Gasteiger partial charge is 1.00 e. The summed E-state index contributed by atoms with van der Waals surface area (Å²) < 4.78 is 50.1. The second-order valence-corrected chi connectivity index (χ2v) is 13.2. The topological polar surface area (TPSA) is 306 Å². The number of nitrogens with two attached hydrogens (primary N) is 2. The van der Waals surface area contributed by atoms with Crippen molar-refractivity contribution in [2.45, 2.75) is 55.5 Å². The summed E-state index contributed by atoms with van der Waals surface area (Å²) in [7, 11) is -11.3. The molecular formula is C21H27N7Na2O13P2S. The number of ether oxygens (including phenoxy) is 2. The number of nitrogens with zero attached hydrogens (tertiary/aromatic N) is 5. The number of rotatable bonds is 11. The first-order valence-electron chi connectivity index (χ1n) is 12.7. The SMILES string of the molecule is NC(=S)C1=CN(C2OC(COP(=O)([O-])OP(=O)([O-])OCC3OC(n4cnc5c(N)ncnc54)C(O)C3O)C(O)C2O)C=CC1.[Na+].[Na+]. The summed E-state index contributed by atoms with van der Waals surface area (Å²) in [5.41, 5.74) is 12.3. The zero-order valence-electron chi connectivity index (χ0n) is 24.3. The Labute approximate surface area is 310 Å². The smallest absolute Gasteiger partial charge is 0.756 e. The van der Waals surface area contributed by atoms with Gasteiger partial charge in [-0.05, 0) is 6.42 Å². The number of aromatic nitrogens is 4. The molecule has 0 radical (unpaired) electrons. The van der Waals surface area contributed by atoms with Crippen molar-refractivity contribution in [2.75, 3.05) is 18.9 Å². The first-order valence-corrected chi connectivity index (χ1v) is 16.0. The number of phosphoric ester groups is 2. The Morgan fingerprint density at radius 3 is 2.13 bits per heavy atom. The molecule has 3 aliphatic heterocycles. The second kappa shape index (κ2) is 16.0. The molecule has 5 heterocycles. The van der Waals surface area contributed by atoms with E-state index in [1.54, 1.807) is 6.08 Å². The second-order valence-electron chi connectivity index (χ2n) is 9.80. The van der Waals surface area contributed by atoms with Gasteiger partial charge >= 0.3 is 59.1 Å². The van der Waals surface area contributed by atoms with Crippen molar-refractivity contribution in [3.63, 3.8) is 0 Å². The number of nitrogen functional groups attached to an aromatic ring is 1. The standard InChI is InChI=1S/C21H29N7O13P2S.2Na/c22-17-12-19(25-7-24-17)28(8-26-12)21-16(32)14(30)11(40-21)6-38-43(35,36)41-42(33,34)37-5-10-13(29)15(31)20(39-10)27-3-1-2-9(4-27)18(23)44;;/h1,3-4,7-8,10-11,13-16,20-21,29-32H,2,5-6H2,(H2,23,44)(H,33,34)(H,35,36)(H2,22,24,25);;/q;2*+1/p-2. The molecule has 2 aromatic rings. The van der Waals surface area contributed by atoms with Crippen molar-refractivity contribution in [3.05, 3.63) is 36.7 Å². The molecule has 10 atom stereocenters. The number of aliphatic hydroxyl groups excluding tert-OH is 4. The molecule has 0 aliphatic carbocycles. The molecule has 20 nitrogen and oxygen atoms in total. The number of imidazole rings is 1. The molecule has 242 valence electrons. The predicted molar refractivity (Wildman–Crippen MR) is 145 cm³/mol. The third kappa shape index (κ3) is 8.82. The van der Waals surface area contributed by atoms with Gasteiger partial charge in [-0.15, -0.1) is 0 Å². The summed E-state index contributed by atoms with van der Waals surface area (Å²) >= 11 is 4.94. The van der Waals surface area contributed by atoms with E-state index in [-0.39, 0.29) is 81.1 Å². The Kier molecular flexibility index (Phi) is 13.9. The van der Waals surface area contributed by atoms with E-state index in [9.17, 15) is 39.3 Å². The van der Waals surface area contributed by atoms with E-state index in [0.29, 0.717) is 12.0 Å². The van der Waals surface area contributed by atoms with Crippen LogP contribution in [0.15, 0.2) is 36.7 Å². The molecule has 0 amide bonds. The number of phosphoric acid groups is 2. The van der Waals surface area contributed by atoms with Gasteiger partial charge in [-0.2, -0.15) is 0 Å². The average Bonchev–Trinajstić information content (AvgIpc) is 3.61. The molecule has 5 rings (SSSR count). The fourth-order valence-corrected chi connectivity index (χ4v) is 6.82. The van der Waals surface area contributed by atoms with Crippen LogP contribution in [0.1, 0.15) is 12.6 Å². The molecule has 3 aliphatic rings. The van der Waals surface area contributed by atoms with Gasteiger partial charge in [0.05, 0.1) is 19.5 Å². The summed E-state index contributed by atoms with van der Waals surface area (Å²) in [6.07, 6.45) is -4.36. The van der Waals surface area contributed by atoms with Crippen LogP contribution in [0.4, 0.5) is 5.82 Å². The molecule has 0 aromatic carbocycles. The molecule has 2 fully saturated rings. The maximum Gasteiger partial charge on any atom is 1.00 e. The van der Waals surface area contributed by atoms with Crippen molar-refractivity contribution in [1.82, 2.24) is 24.4 Å². The van der Waals surface area contributed by atoms with E-state index in [1.807, 2.05) is 0 Å². The summed E-state index contributed by atoms with van der Waals surface area (Å²) in [6, 6.07) is 0. The number of thiocarbonyl (C=S) groups is 1. The van der Waals surface area contributed by atoms with Crippen LogP contribution in [0.5, 0.6) is 0 Å². The predicted octanol–water partition coefficient (Wildman–Crippen LogP) is -9.14. The van der Waals surface area contributed by atoms with Gasteiger partial charge in [-0.1, -0.05) is 18.3 Å². The van der Waals surface area contributed by atoms with E-state index in [2.05, 4.69) is 28.3 Å². The third-order valence-corrected chi connectivity index (χ3v) is 9.65. The summed E-state index contributed by atoms with van der Waals surface area (Å²) in [4.78, 5) is 37.9. The molecule has 0 bridgehead atoms. The van der Waals surface area contributed by atoms with E-state index < -0.39 is 77.9 Å². The zero-order valence-corrected chi connectivity index (χ0v) is 30.9. The first kappa shape index (κ1) is 40.0. The number of aliphatic hydroxyl groups is 4. The molecule has 25 heteroatoms. The zero-order chi connectivity index (χ0) is 32.0. The van der Waals surface area contributed by atoms with Gasteiger partial charge < -0.3 is 65.1 Å². The normalized spacial score (nSPS) is 31.9. The minimum absolute atomic E-state index is 0. The summed E-state index contributed by atoms with van der Waals surface area (Å²) in [5.74, 6) is 0.0444. The van der Waals surface area contributed by atoms with Gasteiger partial charge in [-0.25, -0.2) is 19.3 Å².